The summed E-state index contributed by atoms with van der Waals surface area (Å²) in [5, 5.41) is 0. The molecular weight excluding hydrogens is 232 g/mol. The second-order valence-electron chi connectivity index (χ2n) is 8.34. The van der Waals surface area contributed by atoms with E-state index < -0.39 is 0 Å². The lowest BCUT2D eigenvalue weighted by molar-refractivity contribution is 0.00251. The Morgan fingerprint density at radius 2 is 2.00 bits per heavy atom. The molecule has 3 aliphatic carbocycles. The van der Waals surface area contributed by atoms with Gasteiger partial charge >= 0.3 is 0 Å². The van der Waals surface area contributed by atoms with Gasteiger partial charge in [-0.1, -0.05) is 27.7 Å². The number of hydrogen-bond acceptors (Lipinski definition) is 2. The van der Waals surface area contributed by atoms with Crippen LogP contribution in [0.15, 0.2) is 12.5 Å². The number of nitrogens with zero attached hydrogens (tertiary/aromatic N) is 2. The van der Waals surface area contributed by atoms with Gasteiger partial charge in [0.05, 0.1) is 5.69 Å². The van der Waals surface area contributed by atoms with Crippen molar-refractivity contribution in [2.24, 2.45) is 22.2 Å². The van der Waals surface area contributed by atoms with Crippen LogP contribution >= 0.6 is 0 Å². The number of rotatable bonds is 0. The molecule has 2 saturated carbocycles. The predicted octanol–water partition coefficient (Wildman–Crippen LogP) is 3.97. The Balaban J connectivity index is 1.99. The van der Waals surface area contributed by atoms with Gasteiger partial charge in [0, 0.05) is 12.1 Å². The lowest BCUT2D eigenvalue weighted by Crippen LogP contribution is -2.48. The van der Waals surface area contributed by atoms with Crippen LogP contribution in [0.3, 0.4) is 0 Å². The summed E-state index contributed by atoms with van der Waals surface area (Å²) in [4.78, 5) is 9.00. The fourth-order valence-corrected chi connectivity index (χ4v) is 5.96. The fourth-order valence-electron chi connectivity index (χ4n) is 5.96. The third-order valence-electron chi connectivity index (χ3n) is 6.97. The van der Waals surface area contributed by atoms with Crippen LogP contribution in [0.2, 0.25) is 0 Å². The molecule has 3 aliphatic rings. The molecule has 0 N–H and O–H groups in total. The number of fused-ring (bicyclic) bond motifs is 3. The topological polar surface area (TPSA) is 25.8 Å². The maximum Gasteiger partial charge on any atom is 0.115 e. The molecular formula is C17H24N2. The lowest BCUT2D eigenvalue weighted by Gasteiger charge is -2.55. The van der Waals surface area contributed by atoms with Crippen LogP contribution in [0.1, 0.15) is 64.1 Å². The fraction of sp³-hybridized carbons (Fsp3) is 0.765. The van der Waals surface area contributed by atoms with Crippen LogP contribution in [0.25, 0.3) is 0 Å². The van der Waals surface area contributed by atoms with Gasteiger partial charge in [-0.2, -0.15) is 0 Å². The minimum atomic E-state index is 0.387. The van der Waals surface area contributed by atoms with E-state index in [0.717, 1.165) is 12.3 Å². The van der Waals surface area contributed by atoms with E-state index >= 15 is 0 Å². The van der Waals surface area contributed by atoms with Crippen LogP contribution in [0.4, 0.5) is 0 Å². The highest BCUT2D eigenvalue weighted by Gasteiger charge is 2.68. The highest BCUT2D eigenvalue weighted by molar-refractivity contribution is 5.36. The molecule has 2 nitrogen and oxygen atoms in total. The Bertz CT molecular complexity index is 546. The van der Waals surface area contributed by atoms with Crippen molar-refractivity contribution in [2.45, 2.75) is 59.3 Å². The molecule has 0 radical (unpaired) electrons. The normalized spacial score (nSPS) is 40.8. The van der Waals surface area contributed by atoms with E-state index in [9.17, 15) is 0 Å². The van der Waals surface area contributed by atoms with Crippen LogP contribution in [0.5, 0.6) is 0 Å². The third kappa shape index (κ3) is 1.19. The van der Waals surface area contributed by atoms with Crippen molar-refractivity contribution in [1.82, 2.24) is 9.97 Å². The highest BCUT2D eigenvalue weighted by atomic mass is 14.9. The first-order valence-electron chi connectivity index (χ1n) is 7.67. The molecule has 0 amide bonds. The summed E-state index contributed by atoms with van der Waals surface area (Å²) in [5.41, 5.74) is 4.06. The highest BCUT2D eigenvalue weighted by Crippen LogP contribution is 2.76. The molecule has 0 aliphatic heterocycles. The van der Waals surface area contributed by atoms with Gasteiger partial charge in [0.2, 0.25) is 0 Å². The summed E-state index contributed by atoms with van der Waals surface area (Å²) in [6, 6.07) is 0. The Kier molecular flexibility index (Phi) is 2.01. The van der Waals surface area contributed by atoms with Crippen LogP contribution in [-0.2, 0) is 6.42 Å². The van der Waals surface area contributed by atoms with Gasteiger partial charge in [-0.25, -0.2) is 9.97 Å². The van der Waals surface area contributed by atoms with Crippen molar-refractivity contribution in [2.75, 3.05) is 0 Å². The molecule has 2 heteroatoms. The third-order valence-corrected chi connectivity index (χ3v) is 6.97. The summed E-state index contributed by atoms with van der Waals surface area (Å²) >= 11 is 0. The van der Waals surface area contributed by atoms with Crippen LogP contribution in [0, 0.1) is 22.2 Å². The quantitative estimate of drug-likeness (QED) is 0.702. The van der Waals surface area contributed by atoms with Gasteiger partial charge in [-0.05, 0) is 53.4 Å². The van der Waals surface area contributed by atoms with Crippen molar-refractivity contribution in [3.63, 3.8) is 0 Å². The summed E-state index contributed by atoms with van der Waals surface area (Å²) in [5.74, 6) is 1.53. The first-order chi connectivity index (χ1) is 8.88. The van der Waals surface area contributed by atoms with E-state index in [2.05, 4.69) is 38.9 Å². The SMILES string of the molecule is CC1(C)C2CCC3(C2)C1c1ncncc1CC3(C)C. The van der Waals surface area contributed by atoms with E-state index in [0.29, 0.717) is 22.2 Å². The van der Waals surface area contributed by atoms with E-state index in [4.69, 9.17) is 4.98 Å². The Morgan fingerprint density at radius 3 is 2.79 bits per heavy atom. The molecule has 102 valence electrons. The number of aromatic nitrogens is 2. The second kappa shape index (κ2) is 3.21. The molecule has 1 aromatic heterocycles. The summed E-state index contributed by atoms with van der Waals surface area (Å²) in [6.45, 7) is 9.94. The first kappa shape index (κ1) is 11.9. The molecule has 0 aromatic carbocycles. The molecule has 19 heavy (non-hydrogen) atoms. The Labute approximate surface area is 116 Å². The molecule has 2 fully saturated rings. The maximum absolute atomic E-state index is 4.73. The lowest BCUT2D eigenvalue weighted by atomic mass is 9.49. The minimum Gasteiger partial charge on any atom is -0.245 e. The Hall–Kier alpha value is -0.920. The summed E-state index contributed by atoms with van der Waals surface area (Å²) in [6.07, 6.45) is 9.23. The first-order valence-corrected chi connectivity index (χ1v) is 7.67. The maximum atomic E-state index is 4.73. The smallest absolute Gasteiger partial charge is 0.115 e. The summed E-state index contributed by atoms with van der Waals surface area (Å²) < 4.78 is 0. The molecule has 3 atom stereocenters. The van der Waals surface area contributed by atoms with Gasteiger partial charge in [-0.15, -0.1) is 0 Å². The minimum absolute atomic E-state index is 0.387. The van der Waals surface area contributed by atoms with Gasteiger partial charge in [0.1, 0.15) is 6.33 Å². The average molecular weight is 256 g/mol. The van der Waals surface area contributed by atoms with Crippen molar-refractivity contribution in [3.05, 3.63) is 23.8 Å². The second-order valence-corrected chi connectivity index (χ2v) is 8.34. The monoisotopic (exact) mass is 256 g/mol. The van der Waals surface area contributed by atoms with Crippen molar-refractivity contribution >= 4 is 0 Å². The van der Waals surface area contributed by atoms with Crippen molar-refractivity contribution in [1.29, 1.82) is 0 Å². The van der Waals surface area contributed by atoms with E-state index in [-0.39, 0.29) is 0 Å². The van der Waals surface area contributed by atoms with Crippen LogP contribution < -0.4 is 0 Å². The zero-order chi connectivity index (χ0) is 13.5. The molecule has 1 spiro atoms. The zero-order valence-corrected chi connectivity index (χ0v) is 12.5. The van der Waals surface area contributed by atoms with E-state index in [1.807, 2.05) is 0 Å². The molecule has 1 aromatic rings. The van der Waals surface area contributed by atoms with E-state index in [1.54, 1.807) is 6.33 Å². The van der Waals surface area contributed by atoms with Crippen molar-refractivity contribution < 1.29 is 0 Å². The number of hydrogen-bond donors (Lipinski definition) is 0. The van der Waals surface area contributed by atoms with Crippen molar-refractivity contribution in [3.8, 4) is 0 Å². The molecule has 4 rings (SSSR count). The molecule has 3 unspecified atom stereocenters. The molecule has 1 heterocycles. The van der Waals surface area contributed by atoms with Gasteiger partial charge in [0.15, 0.2) is 0 Å². The van der Waals surface area contributed by atoms with Crippen LogP contribution in [-0.4, -0.2) is 9.97 Å². The van der Waals surface area contributed by atoms with Gasteiger partial charge in [-0.3, -0.25) is 0 Å². The molecule has 0 saturated heterocycles. The predicted molar refractivity (Wildman–Crippen MR) is 75.8 cm³/mol. The van der Waals surface area contributed by atoms with Gasteiger partial charge in [0.25, 0.3) is 0 Å². The van der Waals surface area contributed by atoms with Gasteiger partial charge < -0.3 is 0 Å². The average Bonchev–Trinajstić information content (AvgIpc) is 2.85. The standard InChI is InChI=1S/C17H24N2/c1-15(2)7-11-9-18-10-19-13(11)14-16(3,4)12-5-6-17(14,15)8-12/h9-10,12,14H,5-8H2,1-4H3. The summed E-state index contributed by atoms with van der Waals surface area (Å²) in [7, 11) is 0. The van der Waals surface area contributed by atoms with E-state index in [1.165, 1.54) is 30.5 Å². The Morgan fingerprint density at radius 1 is 1.21 bits per heavy atom. The molecule has 2 bridgehead atoms. The zero-order valence-electron chi connectivity index (χ0n) is 12.5. The largest absolute Gasteiger partial charge is 0.245 e.